The molecule has 19 heavy (non-hydrogen) atoms. The molecular formula is C15H19BrFNO. The number of hydrogen-bond acceptors (Lipinski definition) is 1. The summed E-state index contributed by atoms with van der Waals surface area (Å²) in [4.78, 5) is 14.4. The van der Waals surface area contributed by atoms with Crippen LogP contribution in [-0.2, 0) is 0 Å². The number of piperidine rings is 1. The minimum absolute atomic E-state index is 0.0375. The van der Waals surface area contributed by atoms with E-state index in [1.165, 1.54) is 12.5 Å². The van der Waals surface area contributed by atoms with Crippen LogP contribution >= 0.6 is 15.9 Å². The third-order valence-electron chi connectivity index (χ3n) is 3.75. The molecule has 1 aliphatic heterocycles. The lowest BCUT2D eigenvalue weighted by Crippen LogP contribution is -2.44. The predicted molar refractivity (Wildman–Crippen MR) is 78.2 cm³/mol. The first-order valence-electron chi connectivity index (χ1n) is 6.76. The summed E-state index contributed by atoms with van der Waals surface area (Å²) in [7, 11) is 0. The molecule has 0 N–H and O–H groups in total. The van der Waals surface area contributed by atoms with Gasteiger partial charge in [0.05, 0.1) is 0 Å². The molecule has 1 atom stereocenters. The summed E-state index contributed by atoms with van der Waals surface area (Å²) in [5.41, 5.74) is 1.04. The molecule has 1 aromatic carbocycles. The number of aryl methyl sites for hydroxylation is 1. The molecule has 1 saturated heterocycles. The predicted octanol–water partition coefficient (Wildman–Crippen LogP) is 3.91. The molecule has 0 aromatic heterocycles. The van der Waals surface area contributed by atoms with Gasteiger partial charge >= 0.3 is 0 Å². The standard InChI is InChI=1S/C15H19BrFNO/c1-11-5-6-12(10-14(11)17)15(19)18-9-3-2-4-13(18)7-8-16/h5-6,10,13H,2-4,7-9H2,1H3. The Kier molecular flexibility index (Phi) is 4.97. The van der Waals surface area contributed by atoms with E-state index in [-0.39, 0.29) is 17.8 Å². The van der Waals surface area contributed by atoms with Gasteiger partial charge in [0.25, 0.3) is 5.91 Å². The molecule has 0 bridgehead atoms. The van der Waals surface area contributed by atoms with Gasteiger partial charge in [-0.15, -0.1) is 0 Å². The van der Waals surface area contributed by atoms with Gasteiger partial charge in [-0.3, -0.25) is 4.79 Å². The number of alkyl halides is 1. The highest BCUT2D eigenvalue weighted by atomic mass is 79.9. The summed E-state index contributed by atoms with van der Waals surface area (Å²) >= 11 is 3.44. The second-order valence-corrected chi connectivity index (χ2v) is 5.88. The smallest absolute Gasteiger partial charge is 0.254 e. The Balaban J connectivity index is 2.18. The number of carbonyl (C=O) groups is 1. The summed E-state index contributed by atoms with van der Waals surface area (Å²) in [6, 6.07) is 5.04. The van der Waals surface area contributed by atoms with Gasteiger partial charge in [-0.05, 0) is 50.3 Å². The molecule has 4 heteroatoms. The number of amides is 1. The van der Waals surface area contributed by atoms with Crippen molar-refractivity contribution < 1.29 is 9.18 Å². The van der Waals surface area contributed by atoms with Crippen molar-refractivity contribution in [1.82, 2.24) is 4.90 Å². The molecule has 1 aliphatic rings. The van der Waals surface area contributed by atoms with Gasteiger partial charge in [-0.1, -0.05) is 22.0 Å². The Bertz CT molecular complexity index is 461. The molecule has 104 valence electrons. The van der Waals surface area contributed by atoms with E-state index < -0.39 is 0 Å². The maximum absolute atomic E-state index is 13.6. The monoisotopic (exact) mass is 327 g/mol. The molecule has 0 spiro atoms. The van der Waals surface area contributed by atoms with Crippen molar-refractivity contribution in [3.05, 3.63) is 35.1 Å². The lowest BCUT2D eigenvalue weighted by Gasteiger charge is -2.35. The second kappa shape index (κ2) is 6.51. The Labute approximate surface area is 122 Å². The van der Waals surface area contributed by atoms with Crippen molar-refractivity contribution in [2.45, 2.75) is 38.6 Å². The van der Waals surface area contributed by atoms with Gasteiger partial charge in [0.1, 0.15) is 5.82 Å². The normalized spacial score (nSPS) is 19.5. The first kappa shape index (κ1) is 14.5. The average Bonchev–Trinajstić information content (AvgIpc) is 2.42. The highest BCUT2D eigenvalue weighted by molar-refractivity contribution is 9.09. The Morgan fingerprint density at radius 2 is 2.26 bits per heavy atom. The van der Waals surface area contributed by atoms with Crippen LogP contribution in [0.2, 0.25) is 0 Å². The van der Waals surface area contributed by atoms with Crippen molar-refractivity contribution in [1.29, 1.82) is 0 Å². The molecule has 1 fully saturated rings. The maximum Gasteiger partial charge on any atom is 0.254 e. The van der Waals surface area contributed by atoms with E-state index >= 15 is 0 Å². The van der Waals surface area contributed by atoms with Gasteiger partial charge in [0.2, 0.25) is 0 Å². The van der Waals surface area contributed by atoms with Gasteiger partial charge in [-0.25, -0.2) is 4.39 Å². The van der Waals surface area contributed by atoms with E-state index in [4.69, 9.17) is 0 Å². The zero-order valence-electron chi connectivity index (χ0n) is 11.2. The zero-order valence-corrected chi connectivity index (χ0v) is 12.7. The number of benzene rings is 1. The number of halogens is 2. The lowest BCUT2D eigenvalue weighted by atomic mass is 9.98. The minimum Gasteiger partial charge on any atom is -0.336 e. The van der Waals surface area contributed by atoms with Crippen LogP contribution in [-0.4, -0.2) is 28.7 Å². The summed E-state index contributed by atoms with van der Waals surface area (Å²) in [6.07, 6.45) is 4.22. The third-order valence-corrected chi connectivity index (χ3v) is 4.21. The van der Waals surface area contributed by atoms with Gasteiger partial charge < -0.3 is 4.90 Å². The van der Waals surface area contributed by atoms with Crippen LogP contribution < -0.4 is 0 Å². The van der Waals surface area contributed by atoms with Crippen molar-refractivity contribution in [2.24, 2.45) is 0 Å². The van der Waals surface area contributed by atoms with Crippen molar-refractivity contribution in [3.63, 3.8) is 0 Å². The lowest BCUT2D eigenvalue weighted by molar-refractivity contribution is 0.0609. The second-order valence-electron chi connectivity index (χ2n) is 5.09. The molecule has 1 heterocycles. The first-order valence-corrected chi connectivity index (χ1v) is 7.88. The molecule has 0 saturated carbocycles. The quantitative estimate of drug-likeness (QED) is 0.771. The van der Waals surface area contributed by atoms with E-state index in [2.05, 4.69) is 15.9 Å². The molecule has 2 rings (SSSR count). The topological polar surface area (TPSA) is 20.3 Å². The summed E-state index contributed by atoms with van der Waals surface area (Å²) in [5, 5.41) is 0.893. The van der Waals surface area contributed by atoms with Crippen molar-refractivity contribution in [2.75, 3.05) is 11.9 Å². The SMILES string of the molecule is Cc1ccc(C(=O)N2CCCCC2CCBr)cc1F. The number of nitrogens with zero attached hydrogens (tertiary/aromatic N) is 1. The first-order chi connectivity index (χ1) is 9.13. The number of hydrogen-bond donors (Lipinski definition) is 0. The Morgan fingerprint density at radius 3 is 2.95 bits per heavy atom. The van der Waals surface area contributed by atoms with Crippen molar-refractivity contribution >= 4 is 21.8 Å². The maximum atomic E-state index is 13.6. The summed E-state index contributed by atoms with van der Waals surface area (Å²) in [6.45, 7) is 2.49. The fourth-order valence-electron chi connectivity index (χ4n) is 2.59. The van der Waals surface area contributed by atoms with Crippen LogP contribution in [0.1, 0.15) is 41.6 Å². The van der Waals surface area contributed by atoms with Gasteiger partial charge in [0, 0.05) is 23.5 Å². The van der Waals surface area contributed by atoms with E-state index in [1.807, 2.05) is 4.90 Å². The fourth-order valence-corrected chi connectivity index (χ4v) is 3.11. The minimum atomic E-state index is -0.306. The van der Waals surface area contributed by atoms with Crippen LogP contribution in [0.25, 0.3) is 0 Å². The Morgan fingerprint density at radius 1 is 1.47 bits per heavy atom. The molecule has 1 amide bonds. The largest absolute Gasteiger partial charge is 0.336 e. The highest BCUT2D eigenvalue weighted by Crippen LogP contribution is 2.23. The fraction of sp³-hybridized carbons (Fsp3) is 0.533. The molecule has 1 unspecified atom stereocenters. The average molecular weight is 328 g/mol. The number of rotatable bonds is 3. The third kappa shape index (κ3) is 3.35. The van der Waals surface area contributed by atoms with Crippen molar-refractivity contribution in [3.8, 4) is 0 Å². The van der Waals surface area contributed by atoms with Crippen LogP contribution in [0.3, 0.4) is 0 Å². The number of carbonyl (C=O) groups excluding carboxylic acids is 1. The van der Waals surface area contributed by atoms with Crippen LogP contribution in [0.5, 0.6) is 0 Å². The summed E-state index contributed by atoms with van der Waals surface area (Å²) < 4.78 is 13.6. The molecular weight excluding hydrogens is 309 g/mol. The van der Waals surface area contributed by atoms with Crippen LogP contribution in [0.15, 0.2) is 18.2 Å². The van der Waals surface area contributed by atoms with E-state index in [0.29, 0.717) is 11.1 Å². The zero-order chi connectivity index (χ0) is 13.8. The van der Waals surface area contributed by atoms with Crippen LogP contribution in [0.4, 0.5) is 4.39 Å². The van der Waals surface area contributed by atoms with E-state index in [1.54, 1.807) is 19.1 Å². The molecule has 1 aromatic rings. The van der Waals surface area contributed by atoms with Crippen LogP contribution in [0, 0.1) is 12.7 Å². The number of likely N-dealkylation sites (tertiary alicyclic amines) is 1. The summed E-state index contributed by atoms with van der Waals surface area (Å²) in [5.74, 6) is -0.343. The van der Waals surface area contributed by atoms with E-state index in [9.17, 15) is 9.18 Å². The van der Waals surface area contributed by atoms with E-state index in [0.717, 1.165) is 31.1 Å². The van der Waals surface area contributed by atoms with Gasteiger partial charge in [0.15, 0.2) is 0 Å². The highest BCUT2D eigenvalue weighted by Gasteiger charge is 2.27. The van der Waals surface area contributed by atoms with Gasteiger partial charge in [-0.2, -0.15) is 0 Å². The molecule has 0 radical (unpaired) electrons. The molecule has 0 aliphatic carbocycles. The molecule has 2 nitrogen and oxygen atoms in total. The Hall–Kier alpha value is -0.900.